The van der Waals surface area contributed by atoms with Crippen LogP contribution in [0.15, 0.2) is 17.8 Å². The van der Waals surface area contributed by atoms with E-state index in [-0.39, 0.29) is 17.4 Å². The Morgan fingerprint density at radius 1 is 1.10 bits per heavy atom. The van der Waals surface area contributed by atoms with Crippen LogP contribution in [-0.4, -0.2) is 70.9 Å². The molecule has 1 spiro atoms. The zero-order valence-corrected chi connectivity index (χ0v) is 18.1. The van der Waals surface area contributed by atoms with E-state index in [9.17, 15) is 9.59 Å². The second-order valence-corrected chi connectivity index (χ2v) is 9.25. The molecule has 4 rings (SSSR count). The molecule has 2 amide bonds. The highest BCUT2D eigenvalue weighted by atomic mass is 32.1. The molecule has 2 saturated heterocycles. The average molecular weight is 416 g/mol. The van der Waals surface area contributed by atoms with Gasteiger partial charge in [-0.25, -0.2) is 9.97 Å². The van der Waals surface area contributed by atoms with Crippen LogP contribution in [-0.2, 0) is 9.59 Å². The molecule has 0 saturated carbocycles. The van der Waals surface area contributed by atoms with Gasteiger partial charge < -0.3 is 14.7 Å². The number of likely N-dealkylation sites (tertiary alicyclic amines) is 1. The number of carbonyl (C=O) groups is 2. The molecular weight excluding hydrogens is 386 g/mol. The zero-order valence-electron chi connectivity index (χ0n) is 17.3. The van der Waals surface area contributed by atoms with E-state index in [1.807, 2.05) is 6.07 Å². The lowest BCUT2D eigenvalue weighted by atomic mass is 9.87. The van der Waals surface area contributed by atoms with Crippen LogP contribution >= 0.6 is 11.3 Å². The number of hydrogen-bond acceptors (Lipinski definition) is 6. The highest BCUT2D eigenvalue weighted by Gasteiger charge is 2.44. The minimum absolute atomic E-state index is 0.0161. The van der Waals surface area contributed by atoms with E-state index >= 15 is 0 Å². The van der Waals surface area contributed by atoms with Crippen LogP contribution in [0.3, 0.4) is 0 Å². The predicted octanol–water partition coefficient (Wildman–Crippen LogP) is 2.91. The van der Waals surface area contributed by atoms with E-state index in [0.29, 0.717) is 12.8 Å². The lowest BCUT2D eigenvalue weighted by molar-refractivity contribution is -0.139. The molecule has 2 fully saturated rings. The van der Waals surface area contributed by atoms with Crippen molar-refractivity contribution in [2.45, 2.75) is 50.5 Å². The maximum Gasteiger partial charge on any atom is 0.223 e. The second kappa shape index (κ2) is 8.26. The van der Waals surface area contributed by atoms with E-state index in [4.69, 9.17) is 0 Å². The number of thiophene rings is 1. The summed E-state index contributed by atoms with van der Waals surface area (Å²) in [7, 11) is 3.48. The first kappa shape index (κ1) is 20.1. The third-order valence-electron chi connectivity index (χ3n) is 6.39. The molecular formula is C21H29N5O2S. The third-order valence-corrected chi connectivity index (χ3v) is 7.29. The molecule has 0 radical (unpaired) electrons. The maximum absolute atomic E-state index is 13.0. The van der Waals surface area contributed by atoms with Crippen molar-refractivity contribution < 1.29 is 9.59 Å². The fourth-order valence-electron chi connectivity index (χ4n) is 4.81. The van der Waals surface area contributed by atoms with Crippen molar-refractivity contribution in [3.63, 3.8) is 0 Å². The number of carbonyl (C=O) groups excluding carboxylic acids is 2. The smallest absolute Gasteiger partial charge is 0.223 e. The molecule has 1 atom stereocenters. The van der Waals surface area contributed by atoms with E-state index in [1.165, 1.54) is 0 Å². The van der Waals surface area contributed by atoms with Gasteiger partial charge in [-0.3, -0.25) is 9.59 Å². The van der Waals surface area contributed by atoms with Gasteiger partial charge in [0.05, 0.1) is 10.2 Å². The Kier molecular flexibility index (Phi) is 5.72. The van der Waals surface area contributed by atoms with Gasteiger partial charge in [-0.05, 0) is 43.6 Å². The van der Waals surface area contributed by atoms with Crippen molar-refractivity contribution in [3.05, 3.63) is 17.8 Å². The number of fused-ring (bicyclic) bond motifs is 1. The highest BCUT2D eigenvalue weighted by Crippen LogP contribution is 2.40. The maximum atomic E-state index is 13.0. The first-order chi connectivity index (χ1) is 14.0. The molecule has 2 aromatic rings. The first-order valence-electron chi connectivity index (χ1n) is 10.4. The number of amides is 2. The molecule has 0 bridgehead atoms. The van der Waals surface area contributed by atoms with Crippen LogP contribution in [0.25, 0.3) is 10.2 Å². The van der Waals surface area contributed by atoms with Crippen LogP contribution in [0, 0.1) is 0 Å². The zero-order chi connectivity index (χ0) is 20.4. The summed E-state index contributed by atoms with van der Waals surface area (Å²) < 4.78 is 1.14. The van der Waals surface area contributed by atoms with E-state index < -0.39 is 0 Å². The summed E-state index contributed by atoms with van der Waals surface area (Å²) in [5, 5.41) is 2.06. The number of hydrogen-bond donors (Lipinski definition) is 0. The molecule has 0 aliphatic carbocycles. The van der Waals surface area contributed by atoms with E-state index in [2.05, 4.69) is 25.1 Å². The topological polar surface area (TPSA) is 69.6 Å². The van der Waals surface area contributed by atoms with Crippen LogP contribution < -0.4 is 4.90 Å². The molecule has 29 heavy (non-hydrogen) atoms. The average Bonchev–Trinajstić information content (AvgIpc) is 3.29. The number of aromatic nitrogens is 2. The first-order valence-corrected chi connectivity index (χ1v) is 11.3. The number of anilines is 1. The molecule has 0 aromatic carbocycles. The van der Waals surface area contributed by atoms with Crippen molar-refractivity contribution in [3.8, 4) is 0 Å². The summed E-state index contributed by atoms with van der Waals surface area (Å²) in [6.07, 6.45) is 7.39. The summed E-state index contributed by atoms with van der Waals surface area (Å²) in [6, 6.07) is 2.04. The number of rotatable bonds is 4. The quantitative estimate of drug-likeness (QED) is 0.768. The van der Waals surface area contributed by atoms with Gasteiger partial charge in [0.25, 0.3) is 0 Å². The standard InChI is InChI=1S/C21H29N5O2S/c1-24(2)17(27)5-6-18(28)26-12-4-9-21(26)8-3-11-25(13-10-21)20-19-16(7-14-29-19)22-15-23-20/h7,14-15H,3-6,8-13H2,1-2H3/t21-/m0/s1. The van der Waals surface area contributed by atoms with Gasteiger partial charge >= 0.3 is 0 Å². The fraction of sp³-hybridized carbons (Fsp3) is 0.619. The SMILES string of the molecule is CN(C)C(=O)CCC(=O)N1CCC[C@]12CCCN(c1ncnc3ccsc13)CC2. The number of nitrogens with zero attached hydrogens (tertiary/aromatic N) is 5. The predicted molar refractivity (Wildman–Crippen MR) is 115 cm³/mol. The Morgan fingerprint density at radius 2 is 1.90 bits per heavy atom. The normalized spacial score (nSPS) is 22.3. The van der Waals surface area contributed by atoms with Gasteiger partial charge in [0.1, 0.15) is 12.1 Å². The van der Waals surface area contributed by atoms with Crippen LogP contribution in [0.2, 0.25) is 0 Å². The molecule has 7 nitrogen and oxygen atoms in total. The Morgan fingerprint density at radius 3 is 2.69 bits per heavy atom. The Balaban J connectivity index is 1.47. The van der Waals surface area contributed by atoms with Gasteiger partial charge in [-0.1, -0.05) is 0 Å². The van der Waals surface area contributed by atoms with Crippen LogP contribution in [0.1, 0.15) is 44.9 Å². The molecule has 2 aromatic heterocycles. The molecule has 0 N–H and O–H groups in total. The summed E-state index contributed by atoms with van der Waals surface area (Å²) in [6.45, 7) is 2.66. The molecule has 2 aliphatic heterocycles. The van der Waals surface area contributed by atoms with Gasteiger partial charge in [0.15, 0.2) is 0 Å². The van der Waals surface area contributed by atoms with Crippen molar-refractivity contribution in [1.29, 1.82) is 0 Å². The largest absolute Gasteiger partial charge is 0.355 e. The van der Waals surface area contributed by atoms with Crippen molar-refractivity contribution in [2.75, 3.05) is 38.6 Å². The molecule has 156 valence electrons. The van der Waals surface area contributed by atoms with Gasteiger partial charge in [-0.15, -0.1) is 11.3 Å². The Labute approximate surface area is 175 Å². The lowest BCUT2D eigenvalue weighted by Crippen LogP contribution is -2.48. The van der Waals surface area contributed by atoms with Gasteiger partial charge in [-0.2, -0.15) is 0 Å². The van der Waals surface area contributed by atoms with E-state index in [1.54, 1.807) is 36.7 Å². The molecule has 8 heteroatoms. The summed E-state index contributed by atoms with van der Waals surface area (Å²) in [5.74, 6) is 1.17. The lowest BCUT2D eigenvalue weighted by Gasteiger charge is -2.38. The van der Waals surface area contributed by atoms with Crippen LogP contribution in [0.4, 0.5) is 5.82 Å². The molecule has 2 aliphatic rings. The Hall–Kier alpha value is -2.22. The van der Waals surface area contributed by atoms with Gasteiger partial charge in [0, 0.05) is 52.1 Å². The van der Waals surface area contributed by atoms with Crippen LogP contribution in [0.5, 0.6) is 0 Å². The molecule has 4 heterocycles. The fourth-order valence-corrected chi connectivity index (χ4v) is 5.67. The van der Waals surface area contributed by atoms with E-state index in [0.717, 1.165) is 67.8 Å². The molecule has 0 unspecified atom stereocenters. The summed E-state index contributed by atoms with van der Waals surface area (Å²) in [5.41, 5.74) is 0.941. The minimum atomic E-state index is -0.0609. The van der Waals surface area contributed by atoms with Gasteiger partial charge in [0.2, 0.25) is 11.8 Å². The minimum Gasteiger partial charge on any atom is -0.355 e. The van der Waals surface area contributed by atoms with Crippen molar-refractivity contribution in [1.82, 2.24) is 19.8 Å². The Bertz CT molecular complexity index is 898. The highest BCUT2D eigenvalue weighted by molar-refractivity contribution is 7.17. The monoisotopic (exact) mass is 415 g/mol. The summed E-state index contributed by atoms with van der Waals surface area (Å²) >= 11 is 1.69. The third kappa shape index (κ3) is 3.95. The summed E-state index contributed by atoms with van der Waals surface area (Å²) in [4.78, 5) is 39.8. The van der Waals surface area contributed by atoms with Crippen molar-refractivity contribution >= 4 is 39.2 Å². The van der Waals surface area contributed by atoms with Crippen molar-refractivity contribution in [2.24, 2.45) is 0 Å². The second-order valence-electron chi connectivity index (χ2n) is 8.33.